The first kappa shape index (κ1) is 17.3. The Bertz CT molecular complexity index is 1070. The Morgan fingerprint density at radius 3 is 2.67 bits per heavy atom. The Morgan fingerprint density at radius 2 is 1.96 bits per heavy atom. The third-order valence-corrected chi connectivity index (χ3v) is 5.25. The molecule has 0 radical (unpaired) electrons. The van der Waals surface area contributed by atoms with Gasteiger partial charge in [0.2, 0.25) is 11.8 Å². The predicted octanol–water partition coefficient (Wildman–Crippen LogP) is 2.76. The molecule has 27 heavy (non-hydrogen) atoms. The van der Waals surface area contributed by atoms with E-state index in [9.17, 15) is 17.2 Å². The van der Waals surface area contributed by atoms with E-state index in [4.69, 9.17) is 9.15 Å². The van der Waals surface area contributed by atoms with Crippen LogP contribution in [0.5, 0.6) is 5.75 Å². The zero-order valence-corrected chi connectivity index (χ0v) is 14.4. The topological polar surface area (TPSA) is 98.4 Å². The molecule has 0 unspecified atom stereocenters. The second-order valence-corrected chi connectivity index (χ2v) is 7.47. The van der Waals surface area contributed by atoms with E-state index in [0.717, 1.165) is 0 Å². The van der Waals surface area contributed by atoms with E-state index >= 15 is 0 Å². The van der Waals surface area contributed by atoms with Crippen molar-refractivity contribution in [1.82, 2.24) is 15.2 Å². The van der Waals surface area contributed by atoms with Crippen LogP contribution in [0.4, 0.5) is 14.5 Å². The van der Waals surface area contributed by atoms with E-state index in [1.165, 1.54) is 10.5 Å². The molecular weight excluding hydrogens is 382 g/mol. The number of sulfonamides is 1. The van der Waals surface area contributed by atoms with E-state index in [2.05, 4.69) is 15.2 Å². The lowest BCUT2D eigenvalue weighted by Gasteiger charge is -2.30. The monoisotopic (exact) mass is 394 g/mol. The Morgan fingerprint density at radius 1 is 1.15 bits per heavy atom. The van der Waals surface area contributed by atoms with Crippen molar-refractivity contribution in [1.29, 1.82) is 0 Å². The highest BCUT2D eigenvalue weighted by atomic mass is 32.2. The van der Waals surface area contributed by atoms with E-state index in [1.807, 2.05) is 0 Å². The number of fused-ring (bicyclic) bond motifs is 1. The molecule has 1 aliphatic rings. The van der Waals surface area contributed by atoms with E-state index in [0.29, 0.717) is 22.7 Å². The van der Waals surface area contributed by atoms with Gasteiger partial charge in [0.05, 0.1) is 23.5 Å². The summed E-state index contributed by atoms with van der Waals surface area (Å²) in [6.07, 6.45) is -1.50. The molecule has 1 aromatic carbocycles. The van der Waals surface area contributed by atoms with Crippen molar-refractivity contribution in [3.8, 4) is 17.2 Å². The highest BCUT2D eigenvalue weighted by molar-refractivity contribution is 7.92. The van der Waals surface area contributed by atoms with Crippen molar-refractivity contribution in [2.45, 2.75) is 13.0 Å². The maximum Gasteiger partial charge on any atom is 0.314 e. The summed E-state index contributed by atoms with van der Waals surface area (Å²) in [5.74, 6) is -0.853. The van der Waals surface area contributed by atoms with Crippen LogP contribution < -0.4 is 9.04 Å². The van der Waals surface area contributed by atoms with Gasteiger partial charge in [0, 0.05) is 6.20 Å². The van der Waals surface area contributed by atoms with Crippen molar-refractivity contribution in [2.24, 2.45) is 0 Å². The normalized spacial score (nSPS) is 15.4. The van der Waals surface area contributed by atoms with Gasteiger partial charge in [-0.25, -0.2) is 8.42 Å². The molecule has 3 aromatic rings. The Labute approximate surface area is 152 Å². The van der Waals surface area contributed by atoms with Gasteiger partial charge in [-0.1, -0.05) is 12.1 Å². The van der Waals surface area contributed by atoms with Gasteiger partial charge in [-0.3, -0.25) is 9.29 Å². The van der Waals surface area contributed by atoms with Crippen LogP contribution in [0.1, 0.15) is 18.0 Å². The molecule has 0 saturated carbocycles. The van der Waals surface area contributed by atoms with Crippen molar-refractivity contribution in [3.63, 3.8) is 0 Å². The van der Waals surface area contributed by atoms with Gasteiger partial charge < -0.3 is 9.15 Å². The molecule has 0 spiro atoms. The number of rotatable bonds is 4. The lowest BCUT2D eigenvalue weighted by Crippen LogP contribution is -2.38. The number of para-hydroxylation sites is 2. The smallest absolute Gasteiger partial charge is 0.314 e. The summed E-state index contributed by atoms with van der Waals surface area (Å²) in [5, 5.41) is 6.80. The van der Waals surface area contributed by atoms with Crippen molar-refractivity contribution >= 4 is 15.7 Å². The first-order valence-corrected chi connectivity index (χ1v) is 9.34. The van der Waals surface area contributed by atoms with Crippen molar-refractivity contribution in [3.05, 3.63) is 54.2 Å². The quantitative estimate of drug-likeness (QED) is 0.671. The molecule has 2 aromatic heterocycles. The van der Waals surface area contributed by atoms with E-state index in [-0.39, 0.29) is 12.4 Å². The number of ether oxygens (including phenoxy) is 1. The van der Waals surface area contributed by atoms with Crippen LogP contribution in [0.3, 0.4) is 0 Å². The highest BCUT2D eigenvalue weighted by Crippen LogP contribution is 2.35. The summed E-state index contributed by atoms with van der Waals surface area (Å²) in [7, 11) is -3.66. The van der Waals surface area contributed by atoms with Gasteiger partial charge in [0.25, 0.3) is 15.9 Å². The average molecular weight is 394 g/mol. The van der Waals surface area contributed by atoms with Crippen LogP contribution in [-0.4, -0.2) is 29.5 Å². The number of hydrogen-bond acceptors (Lipinski definition) is 7. The molecule has 0 amide bonds. The maximum atomic E-state index is 12.5. The van der Waals surface area contributed by atoms with Gasteiger partial charge in [-0.05, 0) is 24.3 Å². The van der Waals surface area contributed by atoms with Crippen LogP contribution in [-0.2, 0) is 16.6 Å². The number of nitrogens with zero attached hydrogens (tertiary/aromatic N) is 4. The molecule has 0 N–H and O–H groups in total. The number of benzene rings is 1. The summed E-state index contributed by atoms with van der Waals surface area (Å²) in [6, 6.07) is 9.90. The fourth-order valence-electron chi connectivity index (χ4n) is 2.55. The van der Waals surface area contributed by atoms with Crippen LogP contribution in [0, 0.1) is 0 Å². The van der Waals surface area contributed by atoms with Gasteiger partial charge >= 0.3 is 6.43 Å². The SMILES string of the molecule is O=S1(=O)COc2ccccc2N1Cc1ccc(-c2nnc(C(F)F)o2)cn1. The molecule has 0 atom stereocenters. The van der Waals surface area contributed by atoms with Crippen LogP contribution >= 0.6 is 0 Å². The largest absolute Gasteiger partial charge is 0.474 e. The number of aromatic nitrogens is 3. The van der Waals surface area contributed by atoms with Crippen molar-refractivity contribution in [2.75, 3.05) is 10.2 Å². The average Bonchev–Trinajstić information content (AvgIpc) is 3.15. The van der Waals surface area contributed by atoms with Gasteiger partial charge in [-0.2, -0.15) is 8.78 Å². The minimum absolute atomic E-state index is 0.00486. The number of alkyl halides is 2. The molecular formula is C16H12F2N4O4S. The Balaban J connectivity index is 1.59. The van der Waals surface area contributed by atoms with E-state index in [1.54, 1.807) is 36.4 Å². The first-order chi connectivity index (χ1) is 12.9. The number of halogens is 2. The van der Waals surface area contributed by atoms with E-state index < -0.39 is 28.3 Å². The Hall–Kier alpha value is -3.08. The van der Waals surface area contributed by atoms with Gasteiger partial charge in [0.15, 0.2) is 0 Å². The summed E-state index contributed by atoms with van der Waals surface area (Å²) in [4.78, 5) is 4.18. The molecule has 8 nitrogen and oxygen atoms in total. The number of hydrogen-bond donors (Lipinski definition) is 0. The maximum absolute atomic E-state index is 12.5. The lowest BCUT2D eigenvalue weighted by atomic mass is 10.2. The highest BCUT2D eigenvalue weighted by Gasteiger charge is 2.31. The minimum Gasteiger partial charge on any atom is -0.474 e. The van der Waals surface area contributed by atoms with Crippen LogP contribution in [0.15, 0.2) is 47.0 Å². The van der Waals surface area contributed by atoms with Gasteiger partial charge in [-0.15, -0.1) is 10.2 Å². The molecule has 0 aliphatic carbocycles. The van der Waals surface area contributed by atoms with Gasteiger partial charge in [0.1, 0.15) is 5.75 Å². The summed E-state index contributed by atoms with van der Waals surface area (Å²) in [6.45, 7) is -0.00486. The molecule has 3 heterocycles. The summed E-state index contributed by atoms with van der Waals surface area (Å²) in [5.41, 5.74) is 1.23. The second kappa shape index (κ2) is 6.58. The zero-order valence-electron chi connectivity index (χ0n) is 13.6. The van der Waals surface area contributed by atoms with Crippen LogP contribution in [0.2, 0.25) is 0 Å². The predicted molar refractivity (Wildman–Crippen MR) is 89.5 cm³/mol. The third kappa shape index (κ3) is 3.33. The molecule has 4 rings (SSSR count). The fraction of sp³-hybridized carbons (Fsp3) is 0.188. The summed E-state index contributed by atoms with van der Waals surface area (Å²) < 4.78 is 61.2. The van der Waals surface area contributed by atoms with Crippen molar-refractivity contribution < 1.29 is 26.4 Å². The molecule has 0 fully saturated rings. The zero-order chi connectivity index (χ0) is 19.0. The molecule has 0 saturated heterocycles. The molecule has 140 valence electrons. The standard InChI is InChI=1S/C16H12F2N4O4S/c17-14(18)16-21-20-15(26-16)10-5-6-11(19-7-10)8-22-12-3-1-2-4-13(12)25-9-27(22,23)24/h1-7,14H,8-9H2. The fourth-order valence-corrected chi connectivity index (χ4v) is 3.73. The second-order valence-electron chi connectivity index (χ2n) is 5.63. The molecule has 0 bridgehead atoms. The first-order valence-electron chi connectivity index (χ1n) is 7.73. The Kier molecular flexibility index (Phi) is 4.22. The van der Waals surface area contributed by atoms with Crippen LogP contribution in [0.25, 0.3) is 11.5 Å². The molecule has 11 heteroatoms. The minimum atomic E-state index is -3.66. The number of pyridine rings is 1. The lowest BCUT2D eigenvalue weighted by molar-refractivity contribution is 0.116. The number of anilines is 1. The third-order valence-electron chi connectivity index (χ3n) is 3.84. The summed E-state index contributed by atoms with van der Waals surface area (Å²) >= 11 is 0. The molecule has 1 aliphatic heterocycles.